The standard InChI is InChI=1S/C58H105NO13/c1-3-5-7-9-11-13-15-17-19-20-21-22-23-24-25-26-28-29-31-33-35-37-39-41-47(62)46(59-50(63)42-40-38-36-34-32-30-27-18-16-14-12-10-8-6-4-2)45-69-57-55(68)53(66)56(49(44-61)71-57)72-58-54(67)52(65)51(64)48(43-60)70-58/h12,14,18,27,31,33,39,41,46-49,51-58,60-62,64-68H,3-11,13,15-17,19-26,28-30,32,34-38,40,42-45H2,1-2H3,(H,59,63)/b14-12-,27-18-,33-31+,41-39+. The maximum absolute atomic E-state index is 13.2. The Labute approximate surface area is 435 Å². The van der Waals surface area contributed by atoms with E-state index in [1.54, 1.807) is 6.08 Å². The molecule has 2 saturated heterocycles. The fourth-order valence-corrected chi connectivity index (χ4v) is 9.28. The molecule has 0 aromatic carbocycles. The number of rotatable bonds is 45. The highest BCUT2D eigenvalue weighted by atomic mass is 16.7. The normalized spacial score (nSPS) is 25.9. The number of ether oxygens (including phenoxy) is 4. The molecule has 2 fully saturated rings. The van der Waals surface area contributed by atoms with Gasteiger partial charge in [-0.3, -0.25) is 4.79 Å². The molecule has 14 nitrogen and oxygen atoms in total. The molecule has 420 valence electrons. The largest absolute Gasteiger partial charge is 0.394 e. The molecule has 2 rings (SSSR count). The number of amides is 1. The number of hydrogen-bond acceptors (Lipinski definition) is 13. The third kappa shape index (κ3) is 29.9. The molecule has 0 bridgehead atoms. The van der Waals surface area contributed by atoms with Gasteiger partial charge in [0, 0.05) is 6.42 Å². The van der Waals surface area contributed by atoms with Gasteiger partial charge in [-0.05, 0) is 64.2 Å². The lowest BCUT2D eigenvalue weighted by Crippen LogP contribution is -2.65. The molecular formula is C58H105NO13. The molecule has 0 spiro atoms. The molecular weight excluding hydrogens is 919 g/mol. The molecule has 0 aliphatic carbocycles. The molecule has 2 aliphatic rings. The Bertz CT molecular complexity index is 1390. The lowest BCUT2D eigenvalue weighted by atomic mass is 9.97. The van der Waals surface area contributed by atoms with Crippen LogP contribution in [0.2, 0.25) is 0 Å². The summed E-state index contributed by atoms with van der Waals surface area (Å²) in [5, 5.41) is 86.9. The number of aliphatic hydroxyl groups excluding tert-OH is 8. The quantitative estimate of drug-likeness (QED) is 0.0205. The van der Waals surface area contributed by atoms with Crippen LogP contribution in [0, 0.1) is 0 Å². The van der Waals surface area contributed by atoms with E-state index in [0.29, 0.717) is 12.8 Å². The predicted octanol–water partition coefficient (Wildman–Crippen LogP) is 9.22. The minimum atomic E-state index is -1.79. The van der Waals surface area contributed by atoms with Gasteiger partial charge in [0.25, 0.3) is 0 Å². The molecule has 12 atom stereocenters. The first-order valence-corrected chi connectivity index (χ1v) is 28.9. The Morgan fingerprint density at radius 2 is 0.931 bits per heavy atom. The second kappa shape index (κ2) is 44.1. The van der Waals surface area contributed by atoms with Crippen LogP contribution in [-0.2, 0) is 23.7 Å². The van der Waals surface area contributed by atoms with E-state index in [1.165, 1.54) is 128 Å². The van der Waals surface area contributed by atoms with E-state index in [9.17, 15) is 45.6 Å². The van der Waals surface area contributed by atoms with E-state index in [0.717, 1.165) is 57.8 Å². The summed E-state index contributed by atoms with van der Waals surface area (Å²) in [5.74, 6) is -0.264. The van der Waals surface area contributed by atoms with Crippen LogP contribution in [0.4, 0.5) is 0 Å². The highest BCUT2D eigenvalue weighted by Gasteiger charge is 2.51. The van der Waals surface area contributed by atoms with Gasteiger partial charge in [-0.1, -0.05) is 197 Å². The summed E-state index contributed by atoms with van der Waals surface area (Å²) in [6, 6.07) is -0.939. The first-order valence-electron chi connectivity index (χ1n) is 28.9. The Kier molecular flexibility index (Phi) is 40.5. The number of hydrogen-bond donors (Lipinski definition) is 9. The number of aliphatic hydroxyl groups is 8. The number of allylic oxidation sites excluding steroid dienone is 7. The van der Waals surface area contributed by atoms with Gasteiger partial charge in [-0.15, -0.1) is 0 Å². The fraction of sp³-hybridized carbons (Fsp3) is 0.845. The second-order valence-corrected chi connectivity index (χ2v) is 20.4. The molecule has 0 saturated carbocycles. The van der Waals surface area contributed by atoms with E-state index < -0.39 is 86.8 Å². The SMILES string of the molecule is CCCCC/C=C\C/C=C\CCCCCCCC(=O)NC(COC1OC(CO)C(OC2OC(CO)C(O)C(O)C2O)C(O)C1O)C(O)/C=C/CC/C=C/CCCCCCCCCCCCCCCCCCC. The highest BCUT2D eigenvalue weighted by molar-refractivity contribution is 5.76. The summed E-state index contributed by atoms with van der Waals surface area (Å²) < 4.78 is 22.7. The van der Waals surface area contributed by atoms with E-state index in [-0.39, 0.29) is 18.9 Å². The van der Waals surface area contributed by atoms with Gasteiger partial charge < -0.3 is 65.1 Å². The van der Waals surface area contributed by atoms with Crippen LogP contribution >= 0.6 is 0 Å². The van der Waals surface area contributed by atoms with Gasteiger partial charge >= 0.3 is 0 Å². The van der Waals surface area contributed by atoms with Crippen molar-refractivity contribution in [2.45, 2.75) is 293 Å². The van der Waals surface area contributed by atoms with Crippen molar-refractivity contribution in [2.24, 2.45) is 0 Å². The maximum atomic E-state index is 13.2. The average Bonchev–Trinajstić information content (AvgIpc) is 3.38. The fourth-order valence-electron chi connectivity index (χ4n) is 9.28. The zero-order valence-electron chi connectivity index (χ0n) is 44.9. The summed E-state index contributed by atoms with van der Waals surface area (Å²) in [7, 11) is 0. The van der Waals surface area contributed by atoms with Gasteiger partial charge in [-0.25, -0.2) is 0 Å². The van der Waals surface area contributed by atoms with Crippen LogP contribution < -0.4 is 5.32 Å². The number of nitrogens with one attached hydrogen (secondary N) is 1. The Morgan fingerprint density at radius 3 is 1.47 bits per heavy atom. The first-order chi connectivity index (χ1) is 35.1. The minimum Gasteiger partial charge on any atom is -0.394 e. The van der Waals surface area contributed by atoms with Crippen molar-refractivity contribution >= 4 is 5.91 Å². The first kappa shape index (κ1) is 66.1. The molecule has 0 aromatic rings. The molecule has 0 radical (unpaired) electrons. The zero-order valence-corrected chi connectivity index (χ0v) is 44.9. The van der Waals surface area contributed by atoms with Gasteiger partial charge in [0.15, 0.2) is 12.6 Å². The third-order valence-corrected chi connectivity index (χ3v) is 14.0. The summed E-state index contributed by atoms with van der Waals surface area (Å²) in [5.41, 5.74) is 0. The van der Waals surface area contributed by atoms with E-state index >= 15 is 0 Å². The van der Waals surface area contributed by atoms with Crippen LogP contribution in [0.1, 0.15) is 219 Å². The summed E-state index contributed by atoms with van der Waals surface area (Å²) >= 11 is 0. The van der Waals surface area contributed by atoms with E-state index in [2.05, 4.69) is 55.6 Å². The van der Waals surface area contributed by atoms with Gasteiger partial charge in [-0.2, -0.15) is 0 Å². The number of carbonyl (C=O) groups excluding carboxylic acids is 1. The van der Waals surface area contributed by atoms with Gasteiger partial charge in [0.05, 0.1) is 32.0 Å². The number of unbranched alkanes of at least 4 members (excludes halogenated alkanes) is 26. The Morgan fingerprint density at radius 1 is 0.500 bits per heavy atom. The van der Waals surface area contributed by atoms with Crippen LogP contribution in [-0.4, -0.2) is 140 Å². The van der Waals surface area contributed by atoms with Crippen LogP contribution in [0.25, 0.3) is 0 Å². The van der Waals surface area contributed by atoms with Crippen LogP contribution in [0.3, 0.4) is 0 Å². The monoisotopic (exact) mass is 1020 g/mol. The molecule has 2 heterocycles. The molecule has 9 N–H and O–H groups in total. The molecule has 0 aromatic heterocycles. The predicted molar refractivity (Wildman–Crippen MR) is 286 cm³/mol. The lowest BCUT2D eigenvalue weighted by Gasteiger charge is -2.46. The maximum Gasteiger partial charge on any atom is 0.220 e. The lowest BCUT2D eigenvalue weighted by molar-refractivity contribution is -0.359. The number of carbonyl (C=O) groups is 1. The van der Waals surface area contributed by atoms with E-state index in [1.807, 2.05) is 6.08 Å². The van der Waals surface area contributed by atoms with E-state index in [4.69, 9.17) is 18.9 Å². The van der Waals surface area contributed by atoms with Crippen molar-refractivity contribution < 1.29 is 64.6 Å². The average molecular weight is 1020 g/mol. The summed E-state index contributed by atoms with van der Waals surface area (Å²) in [4.78, 5) is 13.2. The second-order valence-electron chi connectivity index (χ2n) is 20.4. The van der Waals surface area contributed by atoms with Crippen molar-refractivity contribution in [3.8, 4) is 0 Å². The van der Waals surface area contributed by atoms with Crippen LogP contribution in [0.15, 0.2) is 48.6 Å². The molecule has 72 heavy (non-hydrogen) atoms. The topological polar surface area (TPSA) is 228 Å². The third-order valence-electron chi connectivity index (χ3n) is 14.0. The van der Waals surface area contributed by atoms with Crippen molar-refractivity contribution in [2.75, 3.05) is 19.8 Å². The smallest absolute Gasteiger partial charge is 0.220 e. The van der Waals surface area contributed by atoms with Crippen molar-refractivity contribution in [1.82, 2.24) is 5.32 Å². The van der Waals surface area contributed by atoms with Crippen molar-refractivity contribution in [3.05, 3.63) is 48.6 Å². The van der Waals surface area contributed by atoms with Crippen molar-refractivity contribution in [1.29, 1.82) is 0 Å². The zero-order chi connectivity index (χ0) is 52.4. The van der Waals surface area contributed by atoms with Gasteiger partial charge in [0.2, 0.25) is 5.91 Å². The minimum absolute atomic E-state index is 0.256. The van der Waals surface area contributed by atoms with Gasteiger partial charge in [0.1, 0.15) is 48.8 Å². The highest BCUT2D eigenvalue weighted by Crippen LogP contribution is 2.30. The van der Waals surface area contributed by atoms with Crippen molar-refractivity contribution in [3.63, 3.8) is 0 Å². The summed E-state index contributed by atoms with van der Waals surface area (Å²) in [6.45, 7) is 2.74. The molecule has 2 aliphatic heterocycles. The Balaban J connectivity index is 1.80. The molecule has 1 amide bonds. The molecule has 12 unspecified atom stereocenters. The Hall–Kier alpha value is -2.05. The van der Waals surface area contributed by atoms with Crippen LogP contribution in [0.5, 0.6) is 0 Å². The molecule has 14 heteroatoms. The summed E-state index contributed by atoms with van der Waals surface area (Å²) in [6.07, 6.45) is 37.3.